The highest BCUT2D eigenvalue weighted by Gasteiger charge is 2.22. The van der Waals surface area contributed by atoms with Crippen molar-refractivity contribution in [3.63, 3.8) is 0 Å². The van der Waals surface area contributed by atoms with E-state index in [1.54, 1.807) is 0 Å². The van der Waals surface area contributed by atoms with Crippen LogP contribution in [0.25, 0.3) is 0 Å². The summed E-state index contributed by atoms with van der Waals surface area (Å²) in [4.78, 5) is 33.7. The van der Waals surface area contributed by atoms with E-state index < -0.39 is 24.0 Å². The summed E-state index contributed by atoms with van der Waals surface area (Å²) in [6.07, 6.45) is 0.111. The molecule has 0 saturated heterocycles. The summed E-state index contributed by atoms with van der Waals surface area (Å²) < 4.78 is 8.97. The first-order valence-corrected chi connectivity index (χ1v) is 5.83. The minimum absolute atomic E-state index is 0.00600. The molecule has 2 N–H and O–H groups in total. The van der Waals surface area contributed by atoms with E-state index in [-0.39, 0.29) is 25.3 Å². The van der Waals surface area contributed by atoms with Gasteiger partial charge in [-0.2, -0.15) is 0 Å². The molecule has 0 aliphatic heterocycles. The topological polar surface area (TPSA) is 93.7 Å². The highest BCUT2D eigenvalue weighted by atomic mass is 35.5. The SMILES string of the molecule is COC(=O)CCC(NC(=O)NCCCl)C(=O)OC. The van der Waals surface area contributed by atoms with E-state index in [0.717, 1.165) is 0 Å². The van der Waals surface area contributed by atoms with Gasteiger partial charge < -0.3 is 20.1 Å². The molecule has 7 nitrogen and oxygen atoms in total. The number of alkyl halides is 1. The molecule has 0 rings (SSSR count). The molecule has 0 aromatic rings. The molecule has 1 unspecified atom stereocenters. The molecule has 0 fully saturated rings. The summed E-state index contributed by atoms with van der Waals surface area (Å²) in [6.45, 7) is 0.276. The molecule has 0 aliphatic rings. The smallest absolute Gasteiger partial charge is 0.328 e. The molecule has 0 bridgehead atoms. The minimum Gasteiger partial charge on any atom is -0.469 e. The standard InChI is InChI=1S/C10H17ClN2O5/c1-17-8(14)4-3-7(9(15)18-2)13-10(16)12-6-5-11/h7H,3-6H2,1-2H3,(H2,12,13,16). The van der Waals surface area contributed by atoms with Crippen LogP contribution < -0.4 is 10.6 Å². The molecule has 8 heteroatoms. The third-order valence-corrected chi connectivity index (χ3v) is 2.22. The predicted octanol–water partition coefficient (Wildman–Crippen LogP) is 0.0192. The summed E-state index contributed by atoms with van der Waals surface area (Å²) in [7, 11) is 2.45. The van der Waals surface area contributed by atoms with Crippen LogP contribution in [0.1, 0.15) is 12.8 Å². The normalized spacial score (nSPS) is 11.3. The monoisotopic (exact) mass is 280 g/mol. The van der Waals surface area contributed by atoms with Crippen LogP contribution in [0.4, 0.5) is 4.79 Å². The second kappa shape index (κ2) is 9.52. The summed E-state index contributed by atoms with van der Waals surface area (Å²) in [6, 6.07) is -1.44. The van der Waals surface area contributed by atoms with Gasteiger partial charge in [0.15, 0.2) is 0 Å². The van der Waals surface area contributed by atoms with Crippen molar-refractivity contribution in [2.75, 3.05) is 26.6 Å². The number of nitrogens with one attached hydrogen (secondary N) is 2. The number of carbonyl (C=O) groups is 3. The van der Waals surface area contributed by atoms with Gasteiger partial charge in [-0.3, -0.25) is 4.79 Å². The third kappa shape index (κ3) is 6.95. The van der Waals surface area contributed by atoms with Crippen molar-refractivity contribution >= 4 is 29.6 Å². The Bertz CT molecular complexity index is 298. The van der Waals surface area contributed by atoms with Crippen molar-refractivity contribution in [3.05, 3.63) is 0 Å². The maximum Gasteiger partial charge on any atom is 0.328 e. The van der Waals surface area contributed by atoms with Gasteiger partial charge in [0.25, 0.3) is 0 Å². The molecule has 1 atom stereocenters. The van der Waals surface area contributed by atoms with Crippen molar-refractivity contribution in [1.29, 1.82) is 0 Å². The predicted molar refractivity (Wildman–Crippen MR) is 64.3 cm³/mol. The fraction of sp³-hybridized carbons (Fsp3) is 0.700. The first-order chi connectivity index (χ1) is 8.54. The number of hydrogen-bond acceptors (Lipinski definition) is 5. The van der Waals surface area contributed by atoms with Crippen molar-refractivity contribution in [2.45, 2.75) is 18.9 Å². The lowest BCUT2D eigenvalue weighted by atomic mass is 10.1. The van der Waals surface area contributed by atoms with Crippen molar-refractivity contribution in [1.82, 2.24) is 10.6 Å². The van der Waals surface area contributed by atoms with Gasteiger partial charge in [-0.25, -0.2) is 9.59 Å². The Morgan fingerprint density at radius 2 is 1.89 bits per heavy atom. The Hall–Kier alpha value is -1.50. The number of hydrogen-bond donors (Lipinski definition) is 2. The molecule has 0 aromatic carbocycles. The van der Waals surface area contributed by atoms with Crippen LogP contribution >= 0.6 is 11.6 Å². The molecular formula is C10H17ClN2O5. The van der Waals surface area contributed by atoms with Gasteiger partial charge in [0.2, 0.25) is 0 Å². The average Bonchev–Trinajstić information content (AvgIpc) is 2.39. The summed E-state index contributed by atoms with van der Waals surface area (Å²) in [5.74, 6) is -0.829. The molecule has 104 valence electrons. The number of carbonyl (C=O) groups excluding carboxylic acids is 3. The second-order valence-corrected chi connectivity index (χ2v) is 3.66. The fourth-order valence-corrected chi connectivity index (χ4v) is 1.22. The zero-order chi connectivity index (χ0) is 14.0. The summed E-state index contributed by atoms with van der Waals surface area (Å²) >= 11 is 5.40. The van der Waals surface area contributed by atoms with Crippen molar-refractivity contribution < 1.29 is 23.9 Å². The molecule has 2 amide bonds. The summed E-state index contributed by atoms with van der Waals surface area (Å²) in [5.41, 5.74) is 0. The van der Waals surface area contributed by atoms with E-state index in [1.807, 2.05) is 0 Å². The van der Waals surface area contributed by atoms with Crippen LogP contribution in [-0.4, -0.2) is 50.7 Å². The Kier molecular flexibility index (Phi) is 8.73. The van der Waals surface area contributed by atoms with Gasteiger partial charge in [-0.1, -0.05) is 0 Å². The Morgan fingerprint density at radius 1 is 1.22 bits per heavy atom. The van der Waals surface area contributed by atoms with E-state index >= 15 is 0 Å². The zero-order valence-corrected chi connectivity index (χ0v) is 11.1. The van der Waals surface area contributed by atoms with Crippen LogP contribution in [0, 0.1) is 0 Å². The van der Waals surface area contributed by atoms with Gasteiger partial charge >= 0.3 is 18.0 Å². The average molecular weight is 281 g/mol. The number of rotatable bonds is 7. The zero-order valence-electron chi connectivity index (χ0n) is 10.3. The van der Waals surface area contributed by atoms with Gasteiger partial charge in [-0.05, 0) is 6.42 Å². The lowest BCUT2D eigenvalue weighted by Gasteiger charge is -2.16. The largest absolute Gasteiger partial charge is 0.469 e. The van der Waals surface area contributed by atoms with E-state index in [2.05, 4.69) is 20.1 Å². The van der Waals surface area contributed by atoms with Crippen LogP contribution in [0.5, 0.6) is 0 Å². The molecule has 0 spiro atoms. The molecular weight excluding hydrogens is 264 g/mol. The number of urea groups is 1. The van der Waals surface area contributed by atoms with Crippen LogP contribution in [0.3, 0.4) is 0 Å². The number of methoxy groups -OCH3 is 2. The molecule has 0 aromatic heterocycles. The highest BCUT2D eigenvalue weighted by molar-refractivity contribution is 6.18. The molecule has 0 heterocycles. The first-order valence-electron chi connectivity index (χ1n) is 5.30. The number of esters is 2. The van der Waals surface area contributed by atoms with Crippen LogP contribution in [-0.2, 0) is 19.1 Å². The van der Waals surface area contributed by atoms with E-state index in [1.165, 1.54) is 14.2 Å². The Morgan fingerprint density at radius 3 is 2.39 bits per heavy atom. The highest BCUT2D eigenvalue weighted by Crippen LogP contribution is 2.01. The first kappa shape index (κ1) is 16.5. The molecule has 18 heavy (non-hydrogen) atoms. The van der Waals surface area contributed by atoms with Crippen LogP contribution in [0.2, 0.25) is 0 Å². The number of ether oxygens (including phenoxy) is 2. The van der Waals surface area contributed by atoms with Gasteiger partial charge in [0.05, 0.1) is 14.2 Å². The van der Waals surface area contributed by atoms with Crippen molar-refractivity contribution in [3.8, 4) is 0 Å². The lowest BCUT2D eigenvalue weighted by Crippen LogP contribution is -2.47. The molecule has 0 radical (unpaired) electrons. The number of halogens is 1. The Labute approximate surface area is 110 Å². The lowest BCUT2D eigenvalue weighted by molar-refractivity contribution is -0.144. The van der Waals surface area contributed by atoms with E-state index in [9.17, 15) is 14.4 Å². The van der Waals surface area contributed by atoms with E-state index in [0.29, 0.717) is 0 Å². The maximum absolute atomic E-state index is 11.4. The second-order valence-electron chi connectivity index (χ2n) is 3.28. The van der Waals surface area contributed by atoms with Crippen molar-refractivity contribution in [2.24, 2.45) is 0 Å². The minimum atomic E-state index is -0.899. The summed E-state index contributed by atoms with van der Waals surface area (Å²) in [5, 5.41) is 4.83. The van der Waals surface area contributed by atoms with Gasteiger partial charge in [-0.15, -0.1) is 11.6 Å². The van der Waals surface area contributed by atoms with Crippen LogP contribution in [0.15, 0.2) is 0 Å². The Balaban J connectivity index is 4.27. The molecule has 0 aliphatic carbocycles. The number of amides is 2. The van der Waals surface area contributed by atoms with E-state index in [4.69, 9.17) is 11.6 Å². The molecule has 0 saturated carbocycles. The van der Waals surface area contributed by atoms with Gasteiger partial charge in [0, 0.05) is 18.8 Å². The third-order valence-electron chi connectivity index (χ3n) is 2.04. The quantitative estimate of drug-likeness (QED) is 0.506. The fourth-order valence-electron chi connectivity index (χ4n) is 1.13. The maximum atomic E-state index is 11.4. The van der Waals surface area contributed by atoms with Gasteiger partial charge in [0.1, 0.15) is 6.04 Å².